The number of aromatic nitrogens is 1. The summed E-state index contributed by atoms with van der Waals surface area (Å²) in [6.45, 7) is 9.62. The first-order valence-corrected chi connectivity index (χ1v) is 10.1. The first kappa shape index (κ1) is 19.3. The van der Waals surface area contributed by atoms with E-state index in [0.717, 1.165) is 25.2 Å². The molecule has 0 spiro atoms. The molecule has 28 heavy (non-hydrogen) atoms. The first-order valence-electron chi connectivity index (χ1n) is 10.1. The van der Waals surface area contributed by atoms with Gasteiger partial charge in [-0.3, -0.25) is 4.90 Å². The van der Waals surface area contributed by atoms with Crippen molar-refractivity contribution < 1.29 is 9.13 Å². The van der Waals surface area contributed by atoms with Gasteiger partial charge in [0.2, 0.25) is 0 Å². The SMILES string of the molecule is Cc1ccccc1[C@@H]1CN(Cc2cnc(N3CCOC[C@@H]3C)c(F)c2)CCN1. The normalized spacial score (nSPS) is 23.8. The average Bonchev–Trinajstić information content (AvgIpc) is 2.70. The standard InChI is InChI=1S/C22H29FN4O/c1-16-5-3-4-6-19(16)21-14-26(8-7-24-21)13-18-11-20(23)22(25-12-18)27-9-10-28-15-17(27)2/h3-6,11-12,17,21,24H,7-10,13-15H2,1-2H3/t17-,21-/m0/s1. The van der Waals surface area contributed by atoms with Crippen LogP contribution in [0.1, 0.15) is 29.7 Å². The van der Waals surface area contributed by atoms with Crippen LogP contribution in [0.15, 0.2) is 36.5 Å². The molecule has 1 N–H and O–H groups in total. The zero-order valence-electron chi connectivity index (χ0n) is 16.7. The number of hydrogen-bond donors (Lipinski definition) is 1. The van der Waals surface area contributed by atoms with E-state index in [-0.39, 0.29) is 11.9 Å². The summed E-state index contributed by atoms with van der Waals surface area (Å²) in [5.41, 5.74) is 3.57. The molecule has 2 aromatic rings. The Kier molecular flexibility index (Phi) is 5.90. The van der Waals surface area contributed by atoms with E-state index in [0.29, 0.717) is 38.2 Å². The molecule has 4 rings (SSSR count). The van der Waals surface area contributed by atoms with Crippen LogP contribution in [0.3, 0.4) is 0 Å². The molecule has 2 aliphatic heterocycles. The fourth-order valence-corrected chi connectivity index (χ4v) is 4.21. The summed E-state index contributed by atoms with van der Waals surface area (Å²) in [6, 6.07) is 10.6. The van der Waals surface area contributed by atoms with Crippen molar-refractivity contribution in [2.24, 2.45) is 0 Å². The Balaban J connectivity index is 1.44. The molecule has 1 aromatic heterocycles. The zero-order valence-corrected chi connectivity index (χ0v) is 16.7. The number of piperazine rings is 1. The monoisotopic (exact) mass is 384 g/mol. The quantitative estimate of drug-likeness (QED) is 0.878. The van der Waals surface area contributed by atoms with Crippen LogP contribution in [0.2, 0.25) is 0 Å². The van der Waals surface area contributed by atoms with Crippen molar-refractivity contribution in [3.8, 4) is 0 Å². The van der Waals surface area contributed by atoms with E-state index in [4.69, 9.17) is 4.74 Å². The number of benzene rings is 1. The molecule has 0 saturated carbocycles. The van der Waals surface area contributed by atoms with Crippen LogP contribution in [0.5, 0.6) is 0 Å². The third kappa shape index (κ3) is 4.19. The molecule has 2 saturated heterocycles. The second-order valence-corrected chi connectivity index (χ2v) is 7.86. The second-order valence-electron chi connectivity index (χ2n) is 7.86. The number of halogens is 1. The van der Waals surface area contributed by atoms with Crippen LogP contribution in [0.4, 0.5) is 10.2 Å². The van der Waals surface area contributed by atoms with Gasteiger partial charge in [-0.05, 0) is 36.6 Å². The Bertz CT molecular complexity index is 815. The van der Waals surface area contributed by atoms with Crippen molar-refractivity contribution >= 4 is 5.82 Å². The van der Waals surface area contributed by atoms with Gasteiger partial charge in [-0.2, -0.15) is 0 Å². The molecule has 150 valence electrons. The molecule has 2 aliphatic rings. The minimum Gasteiger partial charge on any atom is -0.377 e. The van der Waals surface area contributed by atoms with Gasteiger partial charge >= 0.3 is 0 Å². The van der Waals surface area contributed by atoms with E-state index >= 15 is 0 Å². The Labute approximate surface area is 166 Å². The van der Waals surface area contributed by atoms with Crippen molar-refractivity contribution in [3.05, 3.63) is 59.0 Å². The molecule has 0 unspecified atom stereocenters. The zero-order chi connectivity index (χ0) is 19.5. The van der Waals surface area contributed by atoms with Gasteiger partial charge in [-0.1, -0.05) is 24.3 Å². The van der Waals surface area contributed by atoms with Crippen molar-refractivity contribution in [2.45, 2.75) is 32.5 Å². The summed E-state index contributed by atoms with van der Waals surface area (Å²) >= 11 is 0. The molecule has 2 fully saturated rings. The smallest absolute Gasteiger partial charge is 0.165 e. The number of anilines is 1. The lowest BCUT2D eigenvalue weighted by atomic mass is 9.99. The van der Waals surface area contributed by atoms with Gasteiger partial charge < -0.3 is 15.0 Å². The molecular formula is C22H29FN4O. The Morgan fingerprint density at radius 3 is 2.93 bits per heavy atom. The number of rotatable bonds is 4. The summed E-state index contributed by atoms with van der Waals surface area (Å²) in [5, 5.41) is 3.61. The van der Waals surface area contributed by atoms with Gasteiger partial charge in [0.05, 0.1) is 19.3 Å². The fourth-order valence-electron chi connectivity index (χ4n) is 4.21. The second kappa shape index (κ2) is 8.55. The lowest BCUT2D eigenvalue weighted by Gasteiger charge is -2.35. The van der Waals surface area contributed by atoms with Crippen LogP contribution in [-0.4, -0.2) is 55.3 Å². The van der Waals surface area contributed by atoms with Gasteiger partial charge in [0.1, 0.15) is 0 Å². The van der Waals surface area contributed by atoms with Crippen molar-refractivity contribution in [1.82, 2.24) is 15.2 Å². The van der Waals surface area contributed by atoms with Gasteiger partial charge in [0, 0.05) is 45.0 Å². The van der Waals surface area contributed by atoms with Crippen LogP contribution in [0.25, 0.3) is 0 Å². The van der Waals surface area contributed by atoms with E-state index < -0.39 is 0 Å². The highest BCUT2D eigenvalue weighted by Gasteiger charge is 2.25. The topological polar surface area (TPSA) is 40.6 Å². The summed E-state index contributed by atoms with van der Waals surface area (Å²) in [6.07, 6.45) is 1.82. The molecular weight excluding hydrogens is 355 g/mol. The maximum atomic E-state index is 14.8. The highest BCUT2D eigenvalue weighted by molar-refractivity contribution is 5.42. The maximum absolute atomic E-state index is 14.8. The number of ether oxygens (including phenoxy) is 1. The molecule has 0 aliphatic carbocycles. The van der Waals surface area contributed by atoms with Gasteiger partial charge in [-0.25, -0.2) is 9.37 Å². The number of aryl methyl sites for hydroxylation is 1. The molecule has 0 radical (unpaired) electrons. The van der Waals surface area contributed by atoms with E-state index in [1.165, 1.54) is 11.1 Å². The van der Waals surface area contributed by atoms with Gasteiger partial charge in [0.25, 0.3) is 0 Å². The lowest BCUT2D eigenvalue weighted by molar-refractivity contribution is 0.0981. The number of morpholine rings is 1. The highest BCUT2D eigenvalue weighted by Crippen LogP contribution is 2.24. The van der Waals surface area contributed by atoms with Crippen LogP contribution < -0.4 is 10.2 Å². The predicted molar refractivity (Wildman–Crippen MR) is 109 cm³/mol. The maximum Gasteiger partial charge on any atom is 0.165 e. The predicted octanol–water partition coefficient (Wildman–Crippen LogP) is 2.90. The first-order chi connectivity index (χ1) is 13.6. The Morgan fingerprint density at radius 2 is 2.14 bits per heavy atom. The van der Waals surface area contributed by atoms with Crippen LogP contribution in [-0.2, 0) is 11.3 Å². The van der Waals surface area contributed by atoms with Crippen LogP contribution in [0, 0.1) is 12.7 Å². The third-order valence-electron chi connectivity index (χ3n) is 5.75. The van der Waals surface area contributed by atoms with E-state index in [1.807, 2.05) is 18.0 Å². The number of hydrogen-bond acceptors (Lipinski definition) is 5. The molecule has 0 amide bonds. The summed E-state index contributed by atoms with van der Waals surface area (Å²) < 4.78 is 20.2. The summed E-state index contributed by atoms with van der Waals surface area (Å²) in [7, 11) is 0. The third-order valence-corrected chi connectivity index (χ3v) is 5.75. The highest BCUT2D eigenvalue weighted by atomic mass is 19.1. The minimum atomic E-state index is -0.239. The van der Waals surface area contributed by atoms with Crippen molar-refractivity contribution in [1.29, 1.82) is 0 Å². The molecule has 0 bridgehead atoms. The summed E-state index contributed by atoms with van der Waals surface area (Å²) in [5.74, 6) is 0.203. The van der Waals surface area contributed by atoms with Crippen molar-refractivity contribution in [3.63, 3.8) is 0 Å². The van der Waals surface area contributed by atoms with E-state index in [2.05, 4.69) is 46.4 Å². The molecule has 6 heteroatoms. The van der Waals surface area contributed by atoms with E-state index in [9.17, 15) is 4.39 Å². The van der Waals surface area contributed by atoms with Crippen molar-refractivity contribution in [2.75, 3.05) is 44.3 Å². The molecule has 2 atom stereocenters. The largest absolute Gasteiger partial charge is 0.377 e. The Morgan fingerprint density at radius 1 is 1.29 bits per heavy atom. The van der Waals surface area contributed by atoms with E-state index in [1.54, 1.807) is 6.07 Å². The average molecular weight is 384 g/mol. The molecule has 3 heterocycles. The minimum absolute atomic E-state index is 0.143. The van der Waals surface area contributed by atoms with Crippen LogP contribution >= 0.6 is 0 Å². The van der Waals surface area contributed by atoms with Gasteiger partial charge in [0.15, 0.2) is 11.6 Å². The number of pyridine rings is 1. The lowest BCUT2D eigenvalue weighted by Crippen LogP contribution is -2.45. The number of nitrogens with zero attached hydrogens (tertiary/aromatic N) is 3. The molecule has 5 nitrogen and oxygen atoms in total. The summed E-state index contributed by atoms with van der Waals surface area (Å²) in [4.78, 5) is 8.84. The Hall–Kier alpha value is -2.02. The fraction of sp³-hybridized carbons (Fsp3) is 0.500. The molecule has 1 aromatic carbocycles. The van der Waals surface area contributed by atoms with Gasteiger partial charge in [-0.15, -0.1) is 0 Å². The number of nitrogens with one attached hydrogen (secondary N) is 1.